The predicted octanol–water partition coefficient (Wildman–Crippen LogP) is 8.40. The number of H-pyrrole nitrogens is 1. The van der Waals surface area contributed by atoms with Crippen LogP contribution in [0.25, 0.3) is 11.1 Å². The Morgan fingerprint density at radius 1 is 0.850 bits per heavy atom. The number of piperazine rings is 1. The summed E-state index contributed by atoms with van der Waals surface area (Å²) in [4.78, 5) is 61.3. The second-order valence-electron chi connectivity index (χ2n) is 17.8. The molecule has 1 aromatic heterocycles. The zero-order valence-corrected chi connectivity index (χ0v) is 37.6. The summed E-state index contributed by atoms with van der Waals surface area (Å²) in [7, 11) is 0. The molecule has 0 aliphatic carbocycles. The molecule has 11 nitrogen and oxygen atoms in total. The normalized spacial score (nSPS) is 15.2. The lowest BCUT2D eigenvalue weighted by atomic mass is 9.94. The van der Waals surface area contributed by atoms with E-state index >= 15 is 0 Å². The van der Waals surface area contributed by atoms with Crippen LogP contribution in [-0.4, -0.2) is 90.1 Å². The number of amides is 2. The highest BCUT2D eigenvalue weighted by molar-refractivity contribution is 5.99. The molecular formula is C49H71N5O6. The number of benzene rings is 2. The van der Waals surface area contributed by atoms with Gasteiger partial charge in [-0.1, -0.05) is 56.4 Å². The molecule has 0 radical (unpaired) electrons. The van der Waals surface area contributed by atoms with Crippen LogP contribution in [0.5, 0.6) is 0 Å². The third-order valence-corrected chi connectivity index (χ3v) is 11.9. The summed E-state index contributed by atoms with van der Waals surface area (Å²) in [5.74, 6) is -0.0499. The molecule has 2 aliphatic heterocycles. The first-order valence-corrected chi connectivity index (χ1v) is 22.5. The second-order valence-corrected chi connectivity index (χ2v) is 17.8. The minimum Gasteiger partial charge on any atom is -0.460 e. The average molecular weight is 826 g/mol. The summed E-state index contributed by atoms with van der Waals surface area (Å²) in [6.07, 6.45) is 10.3. The number of nitrogens with zero attached hydrogens (tertiary/aromatic N) is 3. The Balaban J connectivity index is 1.13. The largest absolute Gasteiger partial charge is 0.460 e. The quantitative estimate of drug-likeness (QED) is 0.0913. The summed E-state index contributed by atoms with van der Waals surface area (Å²) in [5.41, 5.74) is 7.43. The number of hydrogen-bond acceptors (Lipinski definition) is 8. The van der Waals surface area contributed by atoms with E-state index in [0.29, 0.717) is 30.0 Å². The molecule has 3 aromatic rings. The van der Waals surface area contributed by atoms with Gasteiger partial charge in [-0.2, -0.15) is 0 Å². The molecule has 0 unspecified atom stereocenters. The highest BCUT2D eigenvalue weighted by Gasteiger charge is 2.26. The highest BCUT2D eigenvalue weighted by Crippen LogP contribution is 2.34. The van der Waals surface area contributed by atoms with Gasteiger partial charge >= 0.3 is 5.97 Å². The fraction of sp³-hybridized carbons (Fsp3) is 0.592. The number of aromatic nitrogens is 1. The van der Waals surface area contributed by atoms with Crippen LogP contribution >= 0.6 is 0 Å². The number of pyridine rings is 1. The van der Waals surface area contributed by atoms with Crippen LogP contribution in [0.4, 0.5) is 5.69 Å². The van der Waals surface area contributed by atoms with Gasteiger partial charge < -0.3 is 29.6 Å². The van der Waals surface area contributed by atoms with E-state index in [-0.39, 0.29) is 29.9 Å². The molecule has 328 valence electrons. The number of hydrogen-bond donors (Lipinski definition) is 2. The van der Waals surface area contributed by atoms with Gasteiger partial charge in [0.25, 0.3) is 11.5 Å². The molecule has 5 rings (SSSR count). The van der Waals surface area contributed by atoms with Gasteiger partial charge in [0.2, 0.25) is 5.91 Å². The average Bonchev–Trinajstić information content (AvgIpc) is 3.21. The topological polar surface area (TPSA) is 124 Å². The molecule has 0 spiro atoms. The molecule has 2 saturated heterocycles. The van der Waals surface area contributed by atoms with Crippen LogP contribution in [0.3, 0.4) is 0 Å². The van der Waals surface area contributed by atoms with E-state index in [9.17, 15) is 19.2 Å². The van der Waals surface area contributed by atoms with Gasteiger partial charge in [0.15, 0.2) is 0 Å². The van der Waals surface area contributed by atoms with Crippen LogP contribution in [-0.2, 0) is 32.2 Å². The van der Waals surface area contributed by atoms with Gasteiger partial charge in [0.1, 0.15) is 5.60 Å². The summed E-state index contributed by atoms with van der Waals surface area (Å²) in [6, 6.07) is 15.1. The van der Waals surface area contributed by atoms with E-state index < -0.39 is 5.60 Å². The first kappa shape index (κ1) is 46.6. The monoisotopic (exact) mass is 826 g/mol. The fourth-order valence-electron chi connectivity index (χ4n) is 8.58. The Morgan fingerprint density at radius 2 is 1.48 bits per heavy atom. The van der Waals surface area contributed by atoms with E-state index in [4.69, 9.17) is 9.47 Å². The van der Waals surface area contributed by atoms with Crippen molar-refractivity contribution in [2.45, 2.75) is 144 Å². The van der Waals surface area contributed by atoms with Crippen molar-refractivity contribution < 1.29 is 23.9 Å². The SMILES string of the molecule is CCN(c1cc(-c2ccc(CN3CCN(C(=O)CCCCCCCCCC(=O)OC(C)(C)C)CC3)cc2)cc(C(=O)NCc2c(C)cc(C)[nH]c2=O)c1C)C1CCOCC1. The molecule has 2 amide bonds. The molecule has 60 heavy (non-hydrogen) atoms. The van der Waals surface area contributed by atoms with Crippen molar-refractivity contribution in [3.63, 3.8) is 0 Å². The van der Waals surface area contributed by atoms with E-state index in [2.05, 4.69) is 57.4 Å². The molecule has 2 aromatic carbocycles. The maximum absolute atomic E-state index is 14.0. The van der Waals surface area contributed by atoms with Crippen molar-refractivity contribution in [3.8, 4) is 11.1 Å². The maximum atomic E-state index is 14.0. The molecule has 2 aliphatic rings. The maximum Gasteiger partial charge on any atom is 0.306 e. The Kier molecular flexibility index (Phi) is 17.4. The second kappa shape index (κ2) is 22.4. The number of rotatable bonds is 19. The standard InChI is InChI=1S/C49H71N5O6/c1-8-54(41-22-28-59-29-23-41)44-32-40(31-42(37(44)4)47(57)50-33-43-35(2)30-36(3)51-48(43)58)39-20-18-38(19-21-39)34-52-24-26-53(27-25-52)45(55)16-14-12-10-9-11-13-15-17-46(56)60-49(5,6)7/h18-21,30-32,41H,8-17,22-29,33-34H2,1-7H3,(H,50,57)(H,51,58). The van der Waals surface area contributed by atoms with Crippen LogP contribution in [0.15, 0.2) is 47.3 Å². The summed E-state index contributed by atoms with van der Waals surface area (Å²) in [5, 5.41) is 3.06. The minimum atomic E-state index is -0.419. The molecule has 0 saturated carbocycles. The van der Waals surface area contributed by atoms with Crippen LogP contribution in [0.2, 0.25) is 0 Å². The highest BCUT2D eigenvalue weighted by atomic mass is 16.6. The number of aryl methyl sites for hydroxylation is 2. The van der Waals surface area contributed by atoms with Gasteiger partial charge in [0, 0.05) is 100 Å². The summed E-state index contributed by atoms with van der Waals surface area (Å²) < 4.78 is 11.1. The van der Waals surface area contributed by atoms with E-state index in [1.807, 2.05) is 58.6 Å². The predicted molar refractivity (Wildman–Crippen MR) is 240 cm³/mol. The van der Waals surface area contributed by atoms with Crippen molar-refractivity contribution in [2.24, 2.45) is 0 Å². The van der Waals surface area contributed by atoms with Crippen LogP contribution < -0.4 is 15.8 Å². The molecule has 0 atom stereocenters. The lowest BCUT2D eigenvalue weighted by molar-refractivity contribution is -0.155. The number of aromatic amines is 1. The Labute approximate surface area is 358 Å². The fourth-order valence-corrected chi connectivity index (χ4v) is 8.58. The molecule has 11 heteroatoms. The number of unbranched alkanes of at least 4 members (excludes halogenated alkanes) is 6. The van der Waals surface area contributed by atoms with E-state index in [1.165, 1.54) is 5.56 Å². The number of esters is 1. The minimum absolute atomic E-state index is 0.112. The van der Waals surface area contributed by atoms with Crippen molar-refractivity contribution in [1.29, 1.82) is 0 Å². The molecule has 2 fully saturated rings. The third kappa shape index (κ3) is 13.8. The summed E-state index contributed by atoms with van der Waals surface area (Å²) in [6.45, 7) is 20.1. The van der Waals surface area contributed by atoms with Gasteiger partial charge in [-0.3, -0.25) is 24.1 Å². The molecule has 3 heterocycles. The van der Waals surface area contributed by atoms with E-state index in [0.717, 1.165) is 144 Å². The van der Waals surface area contributed by atoms with Crippen LogP contribution in [0, 0.1) is 20.8 Å². The Morgan fingerprint density at radius 3 is 2.10 bits per heavy atom. The smallest absolute Gasteiger partial charge is 0.306 e. The lowest BCUT2D eigenvalue weighted by Crippen LogP contribution is -2.48. The van der Waals surface area contributed by atoms with Crippen molar-refractivity contribution in [3.05, 3.63) is 86.3 Å². The Bertz CT molecular complexity index is 1940. The van der Waals surface area contributed by atoms with Gasteiger partial charge in [-0.15, -0.1) is 0 Å². The number of carbonyl (C=O) groups is 3. The molecule has 2 N–H and O–H groups in total. The van der Waals surface area contributed by atoms with Gasteiger partial charge in [-0.25, -0.2) is 0 Å². The number of ether oxygens (including phenoxy) is 2. The van der Waals surface area contributed by atoms with Gasteiger partial charge in [0.05, 0.1) is 0 Å². The van der Waals surface area contributed by atoms with E-state index in [1.54, 1.807) is 0 Å². The summed E-state index contributed by atoms with van der Waals surface area (Å²) >= 11 is 0. The number of nitrogens with one attached hydrogen (secondary N) is 2. The van der Waals surface area contributed by atoms with Gasteiger partial charge in [-0.05, 0) is 120 Å². The van der Waals surface area contributed by atoms with Crippen molar-refractivity contribution in [2.75, 3.05) is 50.8 Å². The number of carbonyl (C=O) groups excluding carboxylic acids is 3. The van der Waals surface area contributed by atoms with Crippen LogP contribution in [0.1, 0.15) is 137 Å². The third-order valence-electron chi connectivity index (χ3n) is 11.9. The molecule has 0 bridgehead atoms. The van der Waals surface area contributed by atoms with Crippen molar-refractivity contribution >= 4 is 23.5 Å². The first-order chi connectivity index (χ1) is 28.7. The van der Waals surface area contributed by atoms with Crippen molar-refractivity contribution in [1.82, 2.24) is 20.1 Å². The lowest BCUT2D eigenvalue weighted by Gasteiger charge is -2.37. The zero-order chi connectivity index (χ0) is 43.2. The zero-order valence-electron chi connectivity index (χ0n) is 37.6. The first-order valence-electron chi connectivity index (χ1n) is 22.5. The number of anilines is 1. The Hall–Kier alpha value is -4.48. The molecular weight excluding hydrogens is 755 g/mol.